The van der Waals surface area contributed by atoms with Gasteiger partial charge in [0.15, 0.2) is 0 Å². The predicted molar refractivity (Wildman–Crippen MR) is 54.5 cm³/mol. The second-order valence-electron chi connectivity index (χ2n) is 3.06. The van der Waals surface area contributed by atoms with E-state index in [9.17, 15) is 9.59 Å². The Kier molecular flexibility index (Phi) is 1.93. The summed E-state index contributed by atoms with van der Waals surface area (Å²) in [5.74, 6) is 5.10. The summed E-state index contributed by atoms with van der Waals surface area (Å²) < 4.78 is 0. The number of nitrogens with one attached hydrogen (secondary N) is 1. The number of rotatable bonds is 0. The molecule has 2 aromatic carbocycles. The summed E-state index contributed by atoms with van der Waals surface area (Å²) in [6, 6.07) is 6.47. The van der Waals surface area contributed by atoms with Crippen molar-refractivity contribution in [1.82, 2.24) is 0 Å². The minimum Gasteiger partial charge on any atom is -0.323 e. The maximum absolute atomic E-state index is 11.5. The van der Waals surface area contributed by atoms with Crippen LogP contribution in [0.3, 0.4) is 0 Å². The molecule has 3 N–H and O–H groups in total. The maximum Gasteiger partial charge on any atom is 0.253 e. The van der Waals surface area contributed by atoms with Crippen LogP contribution in [-0.4, -0.2) is 0 Å². The molecule has 0 heterocycles. The molecule has 0 aliphatic rings. The first-order valence-corrected chi connectivity index (χ1v) is 4.22. The van der Waals surface area contributed by atoms with E-state index in [1.807, 2.05) is 0 Å². The van der Waals surface area contributed by atoms with Crippen molar-refractivity contribution in [2.24, 2.45) is 10.9 Å². The molecule has 2 aromatic rings. The summed E-state index contributed by atoms with van der Waals surface area (Å²) in [7, 11) is 0. The Morgan fingerprint density at radius 2 is 1.67 bits per heavy atom. The van der Waals surface area contributed by atoms with Crippen LogP contribution in [0.1, 0.15) is 0 Å². The van der Waals surface area contributed by atoms with E-state index in [1.165, 1.54) is 6.07 Å². The number of fused-ring (bicyclic) bond motifs is 1. The summed E-state index contributed by atoms with van der Waals surface area (Å²) in [6.45, 7) is 0. The lowest BCUT2D eigenvalue weighted by atomic mass is 10.1. The first-order chi connectivity index (χ1) is 7.16. The molecule has 0 saturated carbocycles. The molecule has 5 nitrogen and oxygen atoms in total. The van der Waals surface area contributed by atoms with E-state index in [0.717, 1.165) is 0 Å². The molecule has 0 saturated heterocycles. The van der Waals surface area contributed by atoms with Gasteiger partial charge in [-0.05, 0) is 0 Å². The highest BCUT2D eigenvalue weighted by atomic mass is 16.2. The molecule has 0 amide bonds. The molecular weight excluding hydrogens is 194 g/mol. The first kappa shape index (κ1) is 9.26. The van der Waals surface area contributed by atoms with Crippen molar-refractivity contribution in [1.29, 1.82) is 5.41 Å². The number of benzene rings is 2. The van der Waals surface area contributed by atoms with Gasteiger partial charge >= 0.3 is 0 Å². The molecule has 0 aromatic heterocycles. The molecule has 0 atom stereocenters. The zero-order valence-electron chi connectivity index (χ0n) is 7.65. The van der Waals surface area contributed by atoms with Crippen molar-refractivity contribution in [3.63, 3.8) is 0 Å². The van der Waals surface area contributed by atoms with Gasteiger partial charge in [0.25, 0.3) is 5.43 Å². The van der Waals surface area contributed by atoms with Crippen LogP contribution in [0.5, 0.6) is 0 Å². The third kappa shape index (κ3) is 1.17. The average Bonchev–Trinajstić information content (AvgIpc) is 2.27. The van der Waals surface area contributed by atoms with Crippen LogP contribution in [0.2, 0.25) is 0 Å². The SMILES string of the molecule is N=c1c(=O)c(=O)c2ccccc2/c1=N/N. The van der Waals surface area contributed by atoms with E-state index < -0.39 is 16.2 Å². The monoisotopic (exact) mass is 201 g/mol. The van der Waals surface area contributed by atoms with Crippen LogP contribution in [0.4, 0.5) is 0 Å². The zero-order chi connectivity index (χ0) is 11.0. The van der Waals surface area contributed by atoms with Crippen LogP contribution in [0.15, 0.2) is 39.0 Å². The Balaban J connectivity index is 3.37. The Morgan fingerprint density at radius 1 is 1.07 bits per heavy atom. The highest BCUT2D eigenvalue weighted by Gasteiger charge is 2.07. The highest BCUT2D eigenvalue weighted by molar-refractivity contribution is 5.81. The van der Waals surface area contributed by atoms with E-state index >= 15 is 0 Å². The van der Waals surface area contributed by atoms with Crippen LogP contribution >= 0.6 is 0 Å². The Labute approximate surface area is 83.3 Å². The molecule has 0 spiro atoms. The fourth-order valence-corrected chi connectivity index (χ4v) is 1.50. The molecule has 2 rings (SSSR count). The highest BCUT2D eigenvalue weighted by Crippen LogP contribution is 2.00. The topological polar surface area (TPSA) is 96.4 Å². The molecule has 0 bridgehead atoms. The van der Waals surface area contributed by atoms with Crippen LogP contribution < -0.4 is 27.4 Å². The van der Waals surface area contributed by atoms with Crippen molar-refractivity contribution in [2.45, 2.75) is 0 Å². The summed E-state index contributed by atoms with van der Waals surface area (Å²) >= 11 is 0. The lowest BCUT2D eigenvalue weighted by Crippen LogP contribution is -2.47. The van der Waals surface area contributed by atoms with Gasteiger partial charge in [-0.3, -0.25) is 15.0 Å². The number of nitrogens with zero attached hydrogens (tertiary/aromatic N) is 1. The third-order valence-corrected chi connectivity index (χ3v) is 2.23. The molecule has 74 valence electrons. The zero-order valence-corrected chi connectivity index (χ0v) is 7.65. The molecule has 0 radical (unpaired) electrons. The van der Waals surface area contributed by atoms with E-state index in [4.69, 9.17) is 11.3 Å². The minimum atomic E-state index is -0.863. The van der Waals surface area contributed by atoms with Gasteiger partial charge in [-0.25, -0.2) is 0 Å². The van der Waals surface area contributed by atoms with Crippen LogP contribution in [-0.2, 0) is 0 Å². The first-order valence-electron chi connectivity index (χ1n) is 4.22. The van der Waals surface area contributed by atoms with Crippen molar-refractivity contribution < 1.29 is 0 Å². The minimum absolute atomic E-state index is 0.0650. The van der Waals surface area contributed by atoms with Gasteiger partial charge in [-0.1, -0.05) is 24.3 Å². The molecule has 0 unspecified atom stereocenters. The van der Waals surface area contributed by atoms with Crippen LogP contribution in [0.25, 0.3) is 10.8 Å². The molecule has 5 heteroatoms. The molecule has 0 fully saturated rings. The Hall–Kier alpha value is -2.30. The second-order valence-corrected chi connectivity index (χ2v) is 3.06. The van der Waals surface area contributed by atoms with Gasteiger partial charge < -0.3 is 5.84 Å². The molecule has 0 aliphatic heterocycles. The van der Waals surface area contributed by atoms with Gasteiger partial charge in [0, 0.05) is 10.8 Å². The largest absolute Gasteiger partial charge is 0.323 e. The summed E-state index contributed by atoms with van der Waals surface area (Å²) in [5, 5.41) is 11.1. The fourth-order valence-electron chi connectivity index (χ4n) is 1.50. The van der Waals surface area contributed by atoms with Crippen molar-refractivity contribution in [3.8, 4) is 0 Å². The third-order valence-electron chi connectivity index (χ3n) is 2.23. The summed E-state index contributed by atoms with van der Waals surface area (Å²) in [6.07, 6.45) is 0. The summed E-state index contributed by atoms with van der Waals surface area (Å²) in [4.78, 5) is 22.8. The van der Waals surface area contributed by atoms with Crippen LogP contribution in [0, 0.1) is 5.41 Å². The standard InChI is InChI=1S/C10H7N3O2/c11-7-8(13-12)5-3-1-2-4-6(5)9(14)10(7)15/h1-4,11H,12H2/b11-7?,13-8-. The van der Waals surface area contributed by atoms with Crippen molar-refractivity contribution in [2.75, 3.05) is 0 Å². The lowest BCUT2D eigenvalue weighted by Gasteiger charge is -1.94. The number of hydrogen-bond acceptors (Lipinski definition) is 5. The molecule has 0 aliphatic carbocycles. The number of nitrogens with two attached hydrogens (primary N) is 1. The second kappa shape index (κ2) is 3.13. The Morgan fingerprint density at radius 3 is 2.27 bits per heavy atom. The van der Waals surface area contributed by atoms with Gasteiger partial charge in [-0.15, -0.1) is 0 Å². The van der Waals surface area contributed by atoms with Gasteiger partial charge in [0.2, 0.25) is 5.43 Å². The maximum atomic E-state index is 11.5. The van der Waals surface area contributed by atoms with E-state index in [1.54, 1.807) is 18.2 Å². The van der Waals surface area contributed by atoms with Crippen molar-refractivity contribution in [3.05, 3.63) is 55.4 Å². The predicted octanol–water partition coefficient (Wildman–Crippen LogP) is -1.31. The van der Waals surface area contributed by atoms with E-state index in [2.05, 4.69) is 5.10 Å². The van der Waals surface area contributed by atoms with Gasteiger partial charge in [-0.2, -0.15) is 5.10 Å². The van der Waals surface area contributed by atoms with E-state index in [0.29, 0.717) is 5.39 Å². The lowest BCUT2D eigenvalue weighted by molar-refractivity contribution is 1.08. The van der Waals surface area contributed by atoms with Crippen molar-refractivity contribution >= 4 is 10.8 Å². The quantitative estimate of drug-likeness (QED) is 0.314. The average molecular weight is 201 g/mol. The molecular formula is C10H7N3O2. The Bertz CT molecular complexity index is 740. The van der Waals surface area contributed by atoms with Gasteiger partial charge in [0.1, 0.15) is 10.7 Å². The summed E-state index contributed by atoms with van der Waals surface area (Å²) in [5.41, 5.74) is -1.54. The fraction of sp³-hybridized carbons (Fsp3) is 0. The van der Waals surface area contributed by atoms with Gasteiger partial charge in [0.05, 0.1) is 0 Å². The number of hydrogen-bond donors (Lipinski definition) is 2. The molecule has 15 heavy (non-hydrogen) atoms. The normalized spacial score (nSPS) is 12.1. The van der Waals surface area contributed by atoms with E-state index in [-0.39, 0.29) is 10.7 Å². The smallest absolute Gasteiger partial charge is 0.253 e.